The van der Waals surface area contributed by atoms with Crippen molar-refractivity contribution in [2.75, 3.05) is 10.2 Å². The van der Waals surface area contributed by atoms with Crippen LogP contribution in [-0.4, -0.2) is 11.6 Å². The second-order valence-electron chi connectivity index (χ2n) is 5.27. The fourth-order valence-corrected chi connectivity index (χ4v) is 2.69. The van der Waals surface area contributed by atoms with Crippen LogP contribution in [0.2, 0.25) is 0 Å². The molecular formula is C17H18N2O. The zero-order chi connectivity index (χ0) is 14.2. The number of nitrogens with zero attached hydrogens (tertiary/aromatic N) is 1. The number of para-hydroxylation sites is 2. The maximum atomic E-state index is 12.9. The van der Waals surface area contributed by atoms with Gasteiger partial charge in [-0.2, -0.15) is 0 Å². The van der Waals surface area contributed by atoms with Crippen LogP contribution in [0.3, 0.4) is 0 Å². The minimum atomic E-state index is -0.410. The van der Waals surface area contributed by atoms with Gasteiger partial charge in [0.05, 0.1) is 5.56 Å². The zero-order valence-electron chi connectivity index (χ0n) is 11.8. The third-order valence-electron chi connectivity index (χ3n) is 3.96. The third kappa shape index (κ3) is 1.86. The van der Waals surface area contributed by atoms with Gasteiger partial charge in [0.1, 0.15) is 5.66 Å². The average Bonchev–Trinajstić information content (AvgIpc) is 2.48. The summed E-state index contributed by atoms with van der Waals surface area (Å²) < 4.78 is 0. The molecule has 2 aromatic rings. The Labute approximate surface area is 119 Å². The molecule has 0 fully saturated rings. The van der Waals surface area contributed by atoms with E-state index >= 15 is 0 Å². The molecule has 2 aromatic carbocycles. The first-order chi connectivity index (χ1) is 9.65. The molecule has 0 aromatic heterocycles. The minimum Gasteiger partial charge on any atom is -0.362 e. The Morgan fingerprint density at radius 2 is 1.70 bits per heavy atom. The van der Waals surface area contributed by atoms with Crippen molar-refractivity contribution in [2.24, 2.45) is 0 Å². The van der Waals surface area contributed by atoms with Gasteiger partial charge in [0.2, 0.25) is 0 Å². The lowest BCUT2D eigenvalue weighted by Crippen LogP contribution is -2.58. The predicted molar refractivity (Wildman–Crippen MR) is 82.0 cm³/mol. The molecule has 3 nitrogen and oxygen atoms in total. The molecule has 20 heavy (non-hydrogen) atoms. The number of fused-ring (bicyclic) bond motifs is 1. The summed E-state index contributed by atoms with van der Waals surface area (Å²) in [6.45, 7) is 4.15. The van der Waals surface area contributed by atoms with Crippen molar-refractivity contribution >= 4 is 17.3 Å². The molecule has 102 valence electrons. The Balaban J connectivity index is 2.15. The first-order valence-corrected chi connectivity index (χ1v) is 6.92. The Morgan fingerprint density at radius 3 is 2.40 bits per heavy atom. The van der Waals surface area contributed by atoms with Gasteiger partial charge in [0.15, 0.2) is 0 Å². The van der Waals surface area contributed by atoms with Crippen molar-refractivity contribution in [1.29, 1.82) is 0 Å². The van der Waals surface area contributed by atoms with Gasteiger partial charge in [-0.3, -0.25) is 9.69 Å². The number of anilines is 2. The molecule has 1 heterocycles. The molecule has 0 radical (unpaired) electrons. The molecule has 0 spiro atoms. The summed E-state index contributed by atoms with van der Waals surface area (Å²) >= 11 is 0. The molecule has 3 heteroatoms. The quantitative estimate of drug-likeness (QED) is 0.894. The van der Waals surface area contributed by atoms with E-state index < -0.39 is 5.66 Å². The molecule has 1 N–H and O–H groups in total. The standard InChI is InChI=1S/C17H18N2O/c1-3-17(2)18-15-12-8-7-11-14(15)16(20)19(17)13-9-5-4-6-10-13/h4-12,18H,3H2,1-2H3/t17-/m1/s1. The molecule has 0 aliphatic carbocycles. The van der Waals surface area contributed by atoms with Crippen molar-refractivity contribution in [1.82, 2.24) is 0 Å². The third-order valence-corrected chi connectivity index (χ3v) is 3.96. The molecule has 0 bridgehead atoms. The second kappa shape index (κ2) is 4.67. The summed E-state index contributed by atoms with van der Waals surface area (Å²) in [6, 6.07) is 17.5. The maximum absolute atomic E-state index is 12.9. The highest BCUT2D eigenvalue weighted by Crippen LogP contribution is 2.36. The maximum Gasteiger partial charge on any atom is 0.262 e. The van der Waals surface area contributed by atoms with Gasteiger partial charge >= 0.3 is 0 Å². The van der Waals surface area contributed by atoms with Gasteiger partial charge in [0, 0.05) is 11.4 Å². The second-order valence-corrected chi connectivity index (χ2v) is 5.27. The zero-order valence-corrected chi connectivity index (χ0v) is 11.8. The van der Waals surface area contributed by atoms with Crippen molar-refractivity contribution in [3.63, 3.8) is 0 Å². The summed E-state index contributed by atoms with van der Waals surface area (Å²) in [5, 5.41) is 3.51. The number of hydrogen-bond donors (Lipinski definition) is 1. The van der Waals surface area contributed by atoms with E-state index in [0.717, 1.165) is 23.4 Å². The van der Waals surface area contributed by atoms with Gasteiger partial charge in [-0.25, -0.2) is 0 Å². The van der Waals surface area contributed by atoms with Crippen molar-refractivity contribution in [3.8, 4) is 0 Å². The van der Waals surface area contributed by atoms with Crippen LogP contribution < -0.4 is 10.2 Å². The van der Waals surface area contributed by atoms with E-state index in [1.54, 1.807) is 0 Å². The van der Waals surface area contributed by atoms with Crippen LogP contribution >= 0.6 is 0 Å². The van der Waals surface area contributed by atoms with E-state index in [9.17, 15) is 4.79 Å². The highest BCUT2D eigenvalue weighted by molar-refractivity contribution is 6.12. The van der Waals surface area contributed by atoms with E-state index in [-0.39, 0.29) is 5.91 Å². The molecule has 1 aliphatic heterocycles. The summed E-state index contributed by atoms with van der Waals surface area (Å²) in [5.74, 6) is 0.0508. The largest absolute Gasteiger partial charge is 0.362 e. The molecule has 1 atom stereocenters. The molecule has 0 saturated heterocycles. The average molecular weight is 266 g/mol. The van der Waals surface area contributed by atoms with Crippen LogP contribution in [0.5, 0.6) is 0 Å². The van der Waals surface area contributed by atoms with Crippen LogP contribution in [0.25, 0.3) is 0 Å². The summed E-state index contributed by atoms with van der Waals surface area (Å²) in [5.41, 5.74) is 2.15. The molecule has 1 amide bonds. The highest BCUT2D eigenvalue weighted by atomic mass is 16.2. The number of benzene rings is 2. The first-order valence-electron chi connectivity index (χ1n) is 6.92. The molecule has 0 unspecified atom stereocenters. The van der Waals surface area contributed by atoms with Crippen LogP contribution in [0.15, 0.2) is 54.6 Å². The van der Waals surface area contributed by atoms with Crippen molar-refractivity contribution in [3.05, 3.63) is 60.2 Å². The molecular weight excluding hydrogens is 248 g/mol. The van der Waals surface area contributed by atoms with Crippen LogP contribution in [0.4, 0.5) is 11.4 Å². The molecule has 0 saturated carbocycles. The van der Waals surface area contributed by atoms with E-state index in [0.29, 0.717) is 0 Å². The number of nitrogens with one attached hydrogen (secondary N) is 1. The van der Waals surface area contributed by atoms with Crippen molar-refractivity contribution < 1.29 is 4.79 Å². The highest BCUT2D eigenvalue weighted by Gasteiger charge is 2.40. The fraction of sp³-hybridized carbons (Fsp3) is 0.235. The van der Waals surface area contributed by atoms with Crippen molar-refractivity contribution in [2.45, 2.75) is 25.9 Å². The topological polar surface area (TPSA) is 32.3 Å². The first kappa shape index (κ1) is 12.7. The number of hydrogen-bond acceptors (Lipinski definition) is 2. The van der Waals surface area contributed by atoms with E-state index in [2.05, 4.69) is 19.2 Å². The number of amides is 1. The molecule has 1 aliphatic rings. The fourth-order valence-electron chi connectivity index (χ4n) is 2.69. The number of rotatable bonds is 2. The van der Waals surface area contributed by atoms with Gasteiger partial charge in [0.25, 0.3) is 5.91 Å². The van der Waals surface area contributed by atoms with Gasteiger partial charge in [-0.05, 0) is 37.6 Å². The number of carbonyl (C=O) groups is 1. The van der Waals surface area contributed by atoms with E-state index in [1.165, 1.54) is 0 Å². The van der Waals surface area contributed by atoms with E-state index in [1.807, 2.05) is 59.5 Å². The van der Waals surface area contributed by atoms with Crippen LogP contribution in [0.1, 0.15) is 30.6 Å². The van der Waals surface area contributed by atoms with Crippen LogP contribution in [0, 0.1) is 0 Å². The predicted octanol–water partition coefficient (Wildman–Crippen LogP) is 3.89. The normalized spacial score (nSPS) is 21.3. The van der Waals surface area contributed by atoms with E-state index in [4.69, 9.17) is 0 Å². The Morgan fingerprint density at radius 1 is 1.05 bits per heavy atom. The Bertz CT molecular complexity index is 638. The molecule has 3 rings (SSSR count). The summed E-state index contributed by atoms with van der Waals surface area (Å²) in [4.78, 5) is 14.7. The minimum absolute atomic E-state index is 0.0508. The van der Waals surface area contributed by atoms with Gasteiger partial charge in [-0.15, -0.1) is 0 Å². The van der Waals surface area contributed by atoms with Gasteiger partial charge in [-0.1, -0.05) is 37.3 Å². The summed E-state index contributed by atoms with van der Waals surface area (Å²) in [7, 11) is 0. The van der Waals surface area contributed by atoms with Gasteiger partial charge < -0.3 is 5.32 Å². The van der Waals surface area contributed by atoms with Crippen LogP contribution in [-0.2, 0) is 0 Å². The number of carbonyl (C=O) groups excluding carboxylic acids is 1. The summed E-state index contributed by atoms with van der Waals surface area (Å²) in [6.07, 6.45) is 0.821. The monoisotopic (exact) mass is 266 g/mol. The SMILES string of the molecule is CC[C@]1(C)Nc2ccccc2C(=O)N1c1ccccc1. The Kier molecular flexibility index (Phi) is 2.97. The Hall–Kier alpha value is -2.29. The lowest BCUT2D eigenvalue weighted by atomic mass is 9.97. The lowest BCUT2D eigenvalue weighted by molar-refractivity contribution is 0.0956. The lowest BCUT2D eigenvalue weighted by Gasteiger charge is -2.46. The smallest absolute Gasteiger partial charge is 0.262 e.